The van der Waals surface area contributed by atoms with Crippen molar-refractivity contribution in [1.82, 2.24) is 5.32 Å². The third-order valence-electron chi connectivity index (χ3n) is 3.83. The summed E-state index contributed by atoms with van der Waals surface area (Å²) in [5.41, 5.74) is 4.28. The van der Waals surface area contributed by atoms with Gasteiger partial charge < -0.3 is 5.32 Å². The van der Waals surface area contributed by atoms with Crippen molar-refractivity contribution >= 4 is 5.91 Å². The van der Waals surface area contributed by atoms with Crippen LogP contribution in [0.25, 0.3) is 0 Å². The van der Waals surface area contributed by atoms with Crippen LogP contribution in [0.1, 0.15) is 29.5 Å². The molecule has 2 aliphatic rings. The number of carbonyl (C=O) groups is 1. The van der Waals surface area contributed by atoms with Crippen LogP contribution in [0.4, 0.5) is 0 Å². The van der Waals surface area contributed by atoms with E-state index in [1.807, 2.05) is 0 Å². The summed E-state index contributed by atoms with van der Waals surface area (Å²) in [7, 11) is 0. The Balaban J connectivity index is 2.10. The quantitative estimate of drug-likeness (QED) is 0.680. The molecule has 78 valence electrons. The second kappa shape index (κ2) is 2.84. The van der Waals surface area contributed by atoms with Crippen molar-refractivity contribution in [3.63, 3.8) is 0 Å². The van der Waals surface area contributed by atoms with E-state index in [1.54, 1.807) is 0 Å². The van der Waals surface area contributed by atoms with Gasteiger partial charge in [-0.1, -0.05) is 23.8 Å². The van der Waals surface area contributed by atoms with Crippen molar-refractivity contribution in [3.8, 4) is 0 Å². The lowest BCUT2D eigenvalue weighted by Crippen LogP contribution is -2.25. The van der Waals surface area contributed by atoms with Crippen molar-refractivity contribution in [3.05, 3.63) is 34.9 Å². The molecule has 1 spiro atoms. The molecular weight excluding hydrogens is 186 g/mol. The van der Waals surface area contributed by atoms with Gasteiger partial charge in [-0.05, 0) is 30.9 Å². The third kappa shape index (κ3) is 1.21. The predicted octanol–water partition coefficient (Wildman–Crippen LogP) is 1.70. The van der Waals surface area contributed by atoms with Gasteiger partial charge in [0.1, 0.15) is 0 Å². The molecule has 1 fully saturated rings. The van der Waals surface area contributed by atoms with Gasteiger partial charge in [0.25, 0.3) is 0 Å². The van der Waals surface area contributed by atoms with E-state index in [0.29, 0.717) is 6.42 Å². The van der Waals surface area contributed by atoms with Crippen LogP contribution in [0.5, 0.6) is 0 Å². The van der Waals surface area contributed by atoms with Crippen LogP contribution >= 0.6 is 0 Å². The van der Waals surface area contributed by atoms with E-state index in [4.69, 9.17) is 0 Å². The molecule has 2 nitrogen and oxygen atoms in total. The fourth-order valence-corrected chi connectivity index (χ4v) is 2.98. The molecule has 0 radical (unpaired) electrons. The molecule has 15 heavy (non-hydrogen) atoms. The number of amides is 1. The normalized spacial score (nSPS) is 28.2. The summed E-state index contributed by atoms with van der Waals surface area (Å²) in [6.07, 6.45) is 2.94. The Bertz CT molecular complexity index is 438. The molecule has 1 atom stereocenters. The van der Waals surface area contributed by atoms with Crippen LogP contribution in [-0.4, -0.2) is 12.5 Å². The molecule has 1 unspecified atom stereocenters. The molecule has 2 heteroatoms. The Labute approximate surface area is 89.7 Å². The number of aryl methyl sites for hydroxylation is 2. The predicted molar refractivity (Wildman–Crippen MR) is 58.8 cm³/mol. The molecule has 1 amide bonds. The van der Waals surface area contributed by atoms with E-state index in [-0.39, 0.29) is 11.3 Å². The van der Waals surface area contributed by atoms with Gasteiger partial charge in [-0.25, -0.2) is 0 Å². The Kier molecular flexibility index (Phi) is 1.70. The lowest BCUT2D eigenvalue weighted by molar-refractivity contribution is -0.119. The van der Waals surface area contributed by atoms with E-state index in [2.05, 4.69) is 30.4 Å². The Hall–Kier alpha value is -1.31. The van der Waals surface area contributed by atoms with E-state index in [0.717, 1.165) is 19.4 Å². The summed E-state index contributed by atoms with van der Waals surface area (Å²) in [6, 6.07) is 6.66. The average Bonchev–Trinajstić information content (AvgIpc) is 2.74. The fourth-order valence-electron chi connectivity index (χ4n) is 2.98. The van der Waals surface area contributed by atoms with E-state index < -0.39 is 0 Å². The summed E-state index contributed by atoms with van der Waals surface area (Å²) < 4.78 is 0. The maximum absolute atomic E-state index is 11.4. The van der Waals surface area contributed by atoms with Crippen LogP contribution < -0.4 is 5.32 Å². The minimum atomic E-state index is 0.123. The van der Waals surface area contributed by atoms with E-state index >= 15 is 0 Å². The lowest BCUT2D eigenvalue weighted by atomic mass is 9.80. The highest BCUT2D eigenvalue weighted by molar-refractivity contribution is 5.81. The average molecular weight is 201 g/mol. The molecular formula is C13H15NO. The lowest BCUT2D eigenvalue weighted by Gasteiger charge is -2.22. The summed E-state index contributed by atoms with van der Waals surface area (Å²) in [4.78, 5) is 11.4. The number of rotatable bonds is 0. The first kappa shape index (κ1) is 8.96. The van der Waals surface area contributed by atoms with Gasteiger partial charge in [-0.2, -0.15) is 0 Å². The SMILES string of the molecule is Cc1ccc2c(c1)C1(CC2)CNC(=O)C1. The molecule has 1 N–H and O–H groups in total. The minimum absolute atomic E-state index is 0.123. The van der Waals surface area contributed by atoms with E-state index in [9.17, 15) is 4.79 Å². The van der Waals surface area contributed by atoms with Crippen LogP contribution in [0.15, 0.2) is 18.2 Å². The van der Waals surface area contributed by atoms with E-state index in [1.165, 1.54) is 16.7 Å². The van der Waals surface area contributed by atoms with Crippen molar-refractivity contribution in [2.75, 3.05) is 6.54 Å². The molecule has 1 aliphatic carbocycles. The summed E-state index contributed by atoms with van der Waals surface area (Å²) in [5, 5.41) is 2.97. The minimum Gasteiger partial charge on any atom is -0.355 e. The molecule has 3 rings (SSSR count). The van der Waals surface area contributed by atoms with Crippen molar-refractivity contribution < 1.29 is 4.79 Å². The molecule has 1 aliphatic heterocycles. The highest BCUT2D eigenvalue weighted by Crippen LogP contribution is 2.43. The number of benzene rings is 1. The largest absolute Gasteiger partial charge is 0.355 e. The first-order chi connectivity index (χ1) is 7.20. The molecule has 1 saturated heterocycles. The van der Waals surface area contributed by atoms with Crippen molar-refractivity contribution in [1.29, 1.82) is 0 Å². The van der Waals surface area contributed by atoms with Gasteiger partial charge in [0.15, 0.2) is 0 Å². The topological polar surface area (TPSA) is 29.1 Å². The fraction of sp³-hybridized carbons (Fsp3) is 0.462. The van der Waals surface area contributed by atoms with Gasteiger partial charge in [-0.15, -0.1) is 0 Å². The zero-order valence-electron chi connectivity index (χ0n) is 8.97. The van der Waals surface area contributed by atoms with Gasteiger partial charge in [-0.3, -0.25) is 4.79 Å². The van der Waals surface area contributed by atoms with Crippen LogP contribution in [0, 0.1) is 6.92 Å². The van der Waals surface area contributed by atoms with Gasteiger partial charge in [0.05, 0.1) is 0 Å². The summed E-state index contributed by atoms with van der Waals surface area (Å²) >= 11 is 0. The number of hydrogen-bond donors (Lipinski definition) is 1. The molecule has 1 heterocycles. The molecule has 0 saturated carbocycles. The smallest absolute Gasteiger partial charge is 0.220 e. The maximum Gasteiger partial charge on any atom is 0.220 e. The van der Waals surface area contributed by atoms with Crippen LogP contribution in [-0.2, 0) is 16.6 Å². The summed E-state index contributed by atoms with van der Waals surface area (Å²) in [5.74, 6) is 0.212. The third-order valence-corrected chi connectivity index (χ3v) is 3.83. The Morgan fingerprint density at radius 2 is 2.27 bits per heavy atom. The number of carbonyl (C=O) groups excluding carboxylic acids is 1. The van der Waals surface area contributed by atoms with Gasteiger partial charge in [0, 0.05) is 18.4 Å². The van der Waals surface area contributed by atoms with Crippen molar-refractivity contribution in [2.24, 2.45) is 0 Å². The molecule has 0 aromatic heterocycles. The second-order valence-electron chi connectivity index (χ2n) is 4.89. The first-order valence-corrected chi connectivity index (χ1v) is 5.56. The maximum atomic E-state index is 11.4. The number of fused-ring (bicyclic) bond motifs is 2. The molecule has 1 aromatic rings. The standard InChI is InChI=1S/C13H15NO/c1-9-2-3-10-4-5-13(11(10)6-9)7-12(15)14-8-13/h2-3,6H,4-5,7-8H2,1H3,(H,14,15). The van der Waals surface area contributed by atoms with Crippen LogP contribution in [0.3, 0.4) is 0 Å². The zero-order chi connectivity index (χ0) is 10.5. The zero-order valence-corrected chi connectivity index (χ0v) is 8.97. The van der Waals surface area contributed by atoms with Gasteiger partial charge >= 0.3 is 0 Å². The number of nitrogens with one attached hydrogen (secondary N) is 1. The highest BCUT2D eigenvalue weighted by atomic mass is 16.1. The Morgan fingerprint density at radius 3 is 3.00 bits per heavy atom. The monoisotopic (exact) mass is 201 g/mol. The first-order valence-electron chi connectivity index (χ1n) is 5.56. The van der Waals surface area contributed by atoms with Crippen molar-refractivity contribution in [2.45, 2.75) is 31.6 Å². The summed E-state index contributed by atoms with van der Waals surface area (Å²) in [6.45, 7) is 2.96. The Morgan fingerprint density at radius 1 is 1.40 bits per heavy atom. The molecule has 1 aromatic carbocycles. The highest BCUT2D eigenvalue weighted by Gasteiger charge is 2.44. The molecule has 0 bridgehead atoms. The number of hydrogen-bond acceptors (Lipinski definition) is 1. The second-order valence-corrected chi connectivity index (χ2v) is 4.89. The van der Waals surface area contributed by atoms with Gasteiger partial charge in [0.2, 0.25) is 5.91 Å². The van der Waals surface area contributed by atoms with Crippen LogP contribution in [0.2, 0.25) is 0 Å².